The zero-order valence-electron chi connectivity index (χ0n) is 44.6. The fraction of sp³-hybridized carbons (Fsp3) is 0.560. The predicted molar refractivity (Wildman–Crippen MR) is 286 cm³/mol. The largest absolute Gasteiger partial charge is 0.444 e. The normalized spacial score (nSPS) is 17.0. The number of rotatable bonds is 24. The Morgan fingerprint density at radius 3 is 1.27 bits per heavy atom. The molecule has 2 aromatic carbocycles. The molecule has 0 saturated carbocycles. The zero-order chi connectivity index (χ0) is 57.6. The first-order chi connectivity index (χ1) is 36.3. The second-order valence-corrected chi connectivity index (χ2v) is 20.7. The Hall–Kier alpha value is -7.07. The van der Waals surface area contributed by atoms with Crippen LogP contribution in [0.2, 0.25) is 0 Å². The molecule has 0 spiro atoms. The van der Waals surface area contributed by atoms with Crippen LogP contribution in [0.4, 0.5) is 9.59 Å². The van der Waals surface area contributed by atoms with Gasteiger partial charge in [0.05, 0.1) is 24.8 Å². The van der Waals surface area contributed by atoms with Crippen LogP contribution in [-0.2, 0) is 61.5 Å². The van der Waals surface area contributed by atoms with Gasteiger partial charge in [0.25, 0.3) is 0 Å². The van der Waals surface area contributed by atoms with Gasteiger partial charge in [-0.2, -0.15) is 8.42 Å². The van der Waals surface area contributed by atoms with Crippen molar-refractivity contribution in [2.45, 2.75) is 153 Å². The van der Waals surface area contributed by atoms with E-state index >= 15 is 0 Å². The maximum absolute atomic E-state index is 13.6. The molecule has 0 aliphatic carbocycles. The molecule has 2 aliphatic heterocycles. The maximum Gasteiger partial charge on any atom is 0.408 e. The van der Waals surface area contributed by atoms with Crippen molar-refractivity contribution < 1.29 is 65.4 Å². The van der Waals surface area contributed by atoms with Gasteiger partial charge in [-0.05, 0) is 104 Å². The highest BCUT2D eigenvalue weighted by atomic mass is 32.3. The second kappa shape index (κ2) is 33.9. The Labute approximate surface area is 450 Å². The van der Waals surface area contributed by atoms with Gasteiger partial charge < -0.3 is 61.0 Å². The van der Waals surface area contributed by atoms with Crippen LogP contribution in [0.5, 0.6) is 0 Å². The molecule has 2 saturated heterocycles. The topological polar surface area (TPSA) is 385 Å². The summed E-state index contributed by atoms with van der Waals surface area (Å²) in [7, 11) is -4.67. The molecule has 0 bridgehead atoms. The van der Waals surface area contributed by atoms with E-state index in [0.29, 0.717) is 90.1 Å². The monoisotopic (exact) mass is 1100 g/mol. The smallest absolute Gasteiger partial charge is 0.408 e. The first-order valence-corrected chi connectivity index (χ1v) is 26.5. The number of carbonyl (C=O) groups is 8. The number of nitrogens with two attached hydrogens (primary N) is 2. The summed E-state index contributed by atoms with van der Waals surface area (Å²) in [4.78, 5) is 112. The van der Waals surface area contributed by atoms with Crippen molar-refractivity contribution in [2.24, 2.45) is 21.7 Å². The Balaban J connectivity index is 0.000000484. The summed E-state index contributed by atoms with van der Waals surface area (Å²) in [5.41, 5.74) is 4.87. The molecule has 6 atom stereocenters. The van der Waals surface area contributed by atoms with Crippen LogP contribution in [0.3, 0.4) is 0 Å². The van der Waals surface area contributed by atoms with E-state index in [0.717, 1.165) is 11.1 Å². The quantitative estimate of drug-likeness (QED) is 0.0135. The number of aldehydes is 2. The predicted octanol–water partition coefficient (Wildman–Crippen LogP) is 1.49. The average molecular weight is 1100 g/mol. The van der Waals surface area contributed by atoms with Gasteiger partial charge in [0.15, 0.2) is 0 Å². The number of hydrazine groups is 2. The Bertz CT molecular complexity index is 2200. The molecule has 6 amide bonds. The van der Waals surface area contributed by atoms with E-state index in [1.54, 1.807) is 41.5 Å². The van der Waals surface area contributed by atoms with Crippen LogP contribution in [0.15, 0.2) is 70.6 Å². The number of hydrogen-bond donors (Lipinski definition) is 10. The standard InChI is InChI=1S/2C25H38N6O5.H2O4S/c2*1-25(2,3)36-24(35)30-20(15-18-9-5-4-6-10-18)23(34)31-14-8-12-21(31)22(33)29-19(16-32)11-7-13-27-17-28-26;1-5(2,3)4/h2*4-6,9-10,16-17,19-21H,7-8,11-15,26H2,1-3H3,(H,27,28)(H,29,33)(H,30,35);(H2,1,2,3,4)/t2*19?,20-,21-;/m00./s1. The summed E-state index contributed by atoms with van der Waals surface area (Å²) in [5.74, 6) is 8.72. The highest BCUT2D eigenvalue weighted by Gasteiger charge is 2.40. The van der Waals surface area contributed by atoms with Gasteiger partial charge in [-0.25, -0.2) is 21.3 Å². The minimum atomic E-state index is -4.67. The first-order valence-electron chi connectivity index (χ1n) is 25.1. The molecule has 0 aromatic heterocycles. The molecular weight excluding hydrogens is 1020 g/mol. The molecule has 2 aromatic rings. The summed E-state index contributed by atoms with van der Waals surface area (Å²) in [6.07, 6.45) is 7.38. The molecule has 77 heavy (non-hydrogen) atoms. The summed E-state index contributed by atoms with van der Waals surface area (Å²) in [5, 5.41) is 10.9. The van der Waals surface area contributed by atoms with E-state index in [1.165, 1.54) is 22.5 Å². The minimum Gasteiger partial charge on any atom is -0.444 e. The molecular formula is C50H78N12O14S. The molecule has 12 N–H and O–H groups in total. The van der Waals surface area contributed by atoms with E-state index in [-0.39, 0.29) is 36.5 Å². The maximum atomic E-state index is 13.6. The fourth-order valence-electron chi connectivity index (χ4n) is 7.95. The Morgan fingerprint density at radius 1 is 0.636 bits per heavy atom. The molecule has 27 heteroatoms. The van der Waals surface area contributed by atoms with E-state index in [2.05, 4.69) is 42.1 Å². The van der Waals surface area contributed by atoms with Gasteiger partial charge in [-0.1, -0.05) is 60.7 Å². The lowest BCUT2D eigenvalue weighted by atomic mass is 10.0. The third-order valence-electron chi connectivity index (χ3n) is 11.1. The van der Waals surface area contributed by atoms with E-state index in [9.17, 15) is 38.4 Å². The van der Waals surface area contributed by atoms with Gasteiger partial charge in [-0.15, -0.1) is 0 Å². The van der Waals surface area contributed by atoms with Crippen molar-refractivity contribution in [3.63, 3.8) is 0 Å². The summed E-state index contributed by atoms with van der Waals surface area (Å²) >= 11 is 0. The number of likely N-dealkylation sites (tertiary alicyclic amines) is 2. The number of hydrogen-bond acceptors (Lipinski definition) is 16. The third-order valence-corrected chi connectivity index (χ3v) is 11.1. The van der Waals surface area contributed by atoms with Crippen molar-refractivity contribution >= 4 is 71.5 Å². The zero-order valence-corrected chi connectivity index (χ0v) is 45.4. The fourth-order valence-corrected chi connectivity index (χ4v) is 7.95. The van der Waals surface area contributed by atoms with Crippen LogP contribution < -0.4 is 43.8 Å². The van der Waals surface area contributed by atoms with Crippen LogP contribution >= 0.6 is 0 Å². The molecule has 2 fully saturated rings. The number of amides is 6. The van der Waals surface area contributed by atoms with Gasteiger partial charge in [-0.3, -0.25) is 38.3 Å². The highest BCUT2D eigenvalue weighted by molar-refractivity contribution is 7.79. The van der Waals surface area contributed by atoms with Crippen LogP contribution in [0.25, 0.3) is 0 Å². The lowest BCUT2D eigenvalue weighted by Crippen LogP contribution is -2.55. The summed E-state index contributed by atoms with van der Waals surface area (Å²) < 4.78 is 42.3. The van der Waals surface area contributed by atoms with Gasteiger partial charge in [0.2, 0.25) is 23.6 Å². The number of aliphatic imine (C=N–C) groups is 2. The minimum absolute atomic E-state index is 0.249. The van der Waals surface area contributed by atoms with Crippen molar-refractivity contribution in [2.75, 3.05) is 26.2 Å². The average Bonchev–Trinajstić information content (AvgIpc) is 4.06. The van der Waals surface area contributed by atoms with Gasteiger partial charge in [0.1, 0.15) is 47.9 Å². The van der Waals surface area contributed by atoms with E-state index in [1.807, 2.05) is 60.7 Å². The molecule has 2 aliphatic rings. The number of ether oxygens (including phenoxy) is 2. The van der Waals surface area contributed by atoms with Crippen molar-refractivity contribution in [3.05, 3.63) is 71.8 Å². The second-order valence-electron chi connectivity index (χ2n) is 19.8. The van der Waals surface area contributed by atoms with Crippen molar-refractivity contribution in [1.29, 1.82) is 0 Å². The van der Waals surface area contributed by atoms with Crippen LogP contribution in [0, 0.1) is 0 Å². The number of carbonyl (C=O) groups excluding carboxylic acids is 8. The summed E-state index contributed by atoms with van der Waals surface area (Å²) in [6.45, 7) is 12.1. The van der Waals surface area contributed by atoms with E-state index < -0.39 is 70.0 Å². The molecule has 0 radical (unpaired) electrons. The molecule has 428 valence electrons. The Morgan fingerprint density at radius 2 is 0.974 bits per heavy atom. The lowest BCUT2D eigenvalue weighted by molar-refractivity contribution is -0.140. The van der Waals surface area contributed by atoms with Gasteiger partial charge >= 0.3 is 22.6 Å². The van der Waals surface area contributed by atoms with Crippen molar-refractivity contribution in [1.82, 2.24) is 41.9 Å². The SMILES string of the molecule is CC(C)(C)OC(=O)N[C@@H](Cc1ccccc1)C(=O)N1CCC[C@H]1C(=O)NC(C=O)CCCN=CNN.CC(C)(C)OC(=O)N[C@@H](Cc1ccccc1)C(=O)N1CCC[C@H]1C(=O)NC(C=O)CCCN=CNN.O=S(=O)(O)O. The van der Waals surface area contributed by atoms with Crippen LogP contribution in [0.1, 0.15) is 104 Å². The highest BCUT2D eigenvalue weighted by Crippen LogP contribution is 2.22. The van der Waals surface area contributed by atoms with Crippen LogP contribution in [-0.4, -0.2) is 162 Å². The molecule has 2 heterocycles. The first kappa shape index (κ1) is 66.0. The lowest BCUT2D eigenvalue weighted by Gasteiger charge is -2.30. The molecule has 26 nitrogen and oxygen atoms in total. The summed E-state index contributed by atoms with van der Waals surface area (Å²) in [6, 6.07) is 14.0. The van der Waals surface area contributed by atoms with Crippen molar-refractivity contribution in [3.8, 4) is 0 Å². The van der Waals surface area contributed by atoms with Gasteiger partial charge in [0, 0.05) is 39.0 Å². The Kier molecular flexibility index (Phi) is 29.0. The molecule has 4 rings (SSSR count). The van der Waals surface area contributed by atoms with E-state index in [4.69, 9.17) is 38.7 Å². The molecule has 2 unspecified atom stereocenters. The third kappa shape index (κ3) is 28.0. The number of alkyl carbamates (subject to hydrolysis) is 2. The number of nitrogens with one attached hydrogen (secondary N) is 6. The number of nitrogens with zero attached hydrogens (tertiary/aromatic N) is 4. The number of benzene rings is 2.